The van der Waals surface area contributed by atoms with Gasteiger partial charge in [-0.25, -0.2) is 8.78 Å². The standard InChI is InChI=1S/C13H17BF2O3/c1-12(2)13(3,4)19-14(18-12)9-5-8(7-17)10(15)6-11(9)16/h5-6,17H,7H2,1-4H3. The van der Waals surface area contributed by atoms with Crippen molar-refractivity contribution < 1.29 is 23.2 Å². The molecule has 0 bridgehead atoms. The molecule has 0 atom stereocenters. The summed E-state index contributed by atoms with van der Waals surface area (Å²) >= 11 is 0. The molecule has 0 amide bonds. The van der Waals surface area contributed by atoms with E-state index in [1.54, 1.807) is 0 Å². The molecule has 1 fully saturated rings. The van der Waals surface area contributed by atoms with E-state index in [2.05, 4.69) is 0 Å². The van der Waals surface area contributed by atoms with Gasteiger partial charge in [0, 0.05) is 17.1 Å². The molecule has 104 valence electrons. The molecule has 0 radical (unpaired) electrons. The van der Waals surface area contributed by atoms with E-state index in [9.17, 15) is 8.78 Å². The summed E-state index contributed by atoms with van der Waals surface area (Å²) in [5, 5.41) is 9.04. The molecule has 19 heavy (non-hydrogen) atoms. The quantitative estimate of drug-likeness (QED) is 0.832. The minimum absolute atomic E-state index is 0.0195. The topological polar surface area (TPSA) is 38.7 Å². The fourth-order valence-electron chi connectivity index (χ4n) is 1.88. The van der Waals surface area contributed by atoms with Crippen LogP contribution in [-0.4, -0.2) is 23.4 Å². The molecule has 0 aliphatic carbocycles. The number of benzene rings is 1. The van der Waals surface area contributed by atoms with E-state index >= 15 is 0 Å². The fraction of sp³-hybridized carbons (Fsp3) is 0.538. The van der Waals surface area contributed by atoms with Crippen molar-refractivity contribution in [2.24, 2.45) is 0 Å². The fourth-order valence-corrected chi connectivity index (χ4v) is 1.88. The van der Waals surface area contributed by atoms with Crippen LogP contribution in [0.5, 0.6) is 0 Å². The summed E-state index contributed by atoms with van der Waals surface area (Å²) in [6, 6.07) is 1.98. The van der Waals surface area contributed by atoms with Gasteiger partial charge in [-0.15, -0.1) is 0 Å². The monoisotopic (exact) mass is 270 g/mol. The number of rotatable bonds is 2. The Morgan fingerprint density at radius 1 is 1.05 bits per heavy atom. The largest absolute Gasteiger partial charge is 0.497 e. The second-order valence-electron chi connectivity index (χ2n) is 5.71. The molecule has 6 heteroatoms. The maximum atomic E-state index is 13.8. The van der Waals surface area contributed by atoms with Crippen molar-refractivity contribution in [1.29, 1.82) is 0 Å². The van der Waals surface area contributed by atoms with E-state index in [4.69, 9.17) is 14.4 Å². The molecular formula is C13H17BF2O3. The van der Waals surface area contributed by atoms with Crippen LogP contribution in [0.4, 0.5) is 8.78 Å². The molecular weight excluding hydrogens is 253 g/mol. The molecule has 2 rings (SSSR count). The molecule has 0 saturated carbocycles. The van der Waals surface area contributed by atoms with Crippen LogP contribution in [0, 0.1) is 11.6 Å². The van der Waals surface area contributed by atoms with Crippen LogP contribution in [0.2, 0.25) is 0 Å². The first-order chi connectivity index (χ1) is 8.68. The zero-order valence-corrected chi connectivity index (χ0v) is 11.5. The third-order valence-corrected chi connectivity index (χ3v) is 3.84. The van der Waals surface area contributed by atoms with Crippen molar-refractivity contribution >= 4 is 12.6 Å². The van der Waals surface area contributed by atoms with E-state index < -0.39 is 36.6 Å². The van der Waals surface area contributed by atoms with Gasteiger partial charge in [-0.3, -0.25) is 0 Å². The Kier molecular flexibility index (Phi) is 3.45. The van der Waals surface area contributed by atoms with Gasteiger partial charge < -0.3 is 14.4 Å². The Labute approximate surface area is 111 Å². The molecule has 0 spiro atoms. The van der Waals surface area contributed by atoms with Crippen LogP contribution in [0.3, 0.4) is 0 Å². The predicted octanol–water partition coefficient (Wildman–Crippen LogP) is 1.76. The minimum atomic E-state index is -0.907. The summed E-state index contributed by atoms with van der Waals surface area (Å²) in [5.74, 6) is -1.52. The van der Waals surface area contributed by atoms with Crippen molar-refractivity contribution in [2.75, 3.05) is 0 Å². The van der Waals surface area contributed by atoms with E-state index in [1.807, 2.05) is 27.7 Å². The van der Waals surface area contributed by atoms with Gasteiger partial charge in [-0.2, -0.15) is 0 Å². The zero-order valence-electron chi connectivity index (χ0n) is 11.5. The Morgan fingerprint density at radius 3 is 2.05 bits per heavy atom. The lowest BCUT2D eigenvalue weighted by molar-refractivity contribution is 0.00578. The third-order valence-electron chi connectivity index (χ3n) is 3.84. The molecule has 3 nitrogen and oxygen atoms in total. The number of hydrogen-bond acceptors (Lipinski definition) is 3. The first-order valence-corrected chi connectivity index (χ1v) is 6.12. The summed E-state index contributed by atoms with van der Waals surface area (Å²) in [6.45, 7) is 6.89. The van der Waals surface area contributed by atoms with Crippen LogP contribution in [0.15, 0.2) is 12.1 Å². The van der Waals surface area contributed by atoms with Crippen molar-refractivity contribution in [1.82, 2.24) is 0 Å². The summed E-state index contributed by atoms with van der Waals surface area (Å²) in [5.41, 5.74) is -1.08. The van der Waals surface area contributed by atoms with Gasteiger partial charge in [0.2, 0.25) is 0 Å². The molecule has 1 aliphatic heterocycles. The number of hydrogen-bond donors (Lipinski definition) is 1. The highest BCUT2D eigenvalue weighted by molar-refractivity contribution is 6.62. The minimum Gasteiger partial charge on any atom is -0.399 e. The molecule has 1 saturated heterocycles. The zero-order chi connectivity index (χ0) is 14.4. The number of aliphatic hydroxyl groups excluding tert-OH is 1. The van der Waals surface area contributed by atoms with Crippen LogP contribution in [0.1, 0.15) is 33.3 Å². The van der Waals surface area contributed by atoms with Crippen LogP contribution in [0.25, 0.3) is 0 Å². The Bertz CT molecular complexity index is 487. The van der Waals surface area contributed by atoms with Crippen LogP contribution >= 0.6 is 0 Å². The van der Waals surface area contributed by atoms with Gasteiger partial charge in [0.15, 0.2) is 0 Å². The molecule has 0 aromatic heterocycles. The molecule has 1 heterocycles. The maximum absolute atomic E-state index is 13.8. The molecule has 1 aromatic carbocycles. The first-order valence-electron chi connectivity index (χ1n) is 6.12. The Hall–Kier alpha value is -0.975. The summed E-state index contributed by atoms with van der Waals surface area (Å²) < 4.78 is 38.6. The van der Waals surface area contributed by atoms with Crippen LogP contribution < -0.4 is 5.46 Å². The maximum Gasteiger partial charge on any atom is 0.497 e. The van der Waals surface area contributed by atoms with E-state index in [0.717, 1.165) is 6.07 Å². The lowest BCUT2D eigenvalue weighted by Gasteiger charge is -2.32. The highest BCUT2D eigenvalue weighted by Gasteiger charge is 2.52. The van der Waals surface area contributed by atoms with Crippen molar-refractivity contribution in [2.45, 2.75) is 45.5 Å². The summed E-state index contributed by atoms with van der Waals surface area (Å²) in [4.78, 5) is 0. The SMILES string of the molecule is CC1(C)OB(c2cc(CO)c(F)cc2F)OC1(C)C. The lowest BCUT2D eigenvalue weighted by atomic mass is 9.78. The van der Waals surface area contributed by atoms with Gasteiger partial charge in [-0.05, 0) is 27.7 Å². The smallest absolute Gasteiger partial charge is 0.399 e. The van der Waals surface area contributed by atoms with Gasteiger partial charge in [0.1, 0.15) is 11.6 Å². The van der Waals surface area contributed by atoms with Crippen LogP contribution in [-0.2, 0) is 15.9 Å². The van der Waals surface area contributed by atoms with E-state index in [0.29, 0.717) is 0 Å². The lowest BCUT2D eigenvalue weighted by Crippen LogP contribution is -2.41. The molecule has 0 unspecified atom stereocenters. The van der Waals surface area contributed by atoms with Gasteiger partial charge >= 0.3 is 7.12 Å². The Balaban J connectivity index is 2.39. The van der Waals surface area contributed by atoms with Crippen molar-refractivity contribution in [3.63, 3.8) is 0 Å². The molecule has 1 aliphatic rings. The Morgan fingerprint density at radius 2 is 1.58 bits per heavy atom. The van der Waals surface area contributed by atoms with Crippen molar-refractivity contribution in [3.8, 4) is 0 Å². The summed E-state index contributed by atoms with van der Waals surface area (Å²) in [6.07, 6.45) is 0. The molecule has 1 aromatic rings. The number of aliphatic hydroxyl groups is 1. The van der Waals surface area contributed by atoms with E-state index in [1.165, 1.54) is 6.07 Å². The third kappa shape index (κ3) is 2.40. The van der Waals surface area contributed by atoms with Gasteiger partial charge in [0.05, 0.1) is 17.8 Å². The van der Waals surface area contributed by atoms with Gasteiger partial charge in [-0.1, -0.05) is 6.07 Å². The van der Waals surface area contributed by atoms with Crippen molar-refractivity contribution in [3.05, 3.63) is 29.3 Å². The van der Waals surface area contributed by atoms with E-state index in [-0.39, 0.29) is 11.0 Å². The second kappa shape index (κ2) is 4.54. The second-order valence-corrected chi connectivity index (χ2v) is 5.71. The molecule has 1 N–H and O–H groups in total. The average Bonchev–Trinajstić information content (AvgIpc) is 2.48. The highest BCUT2D eigenvalue weighted by atomic mass is 19.1. The summed E-state index contributed by atoms with van der Waals surface area (Å²) in [7, 11) is -0.907. The first kappa shape index (κ1) is 14.4. The highest BCUT2D eigenvalue weighted by Crippen LogP contribution is 2.36. The number of halogens is 2. The average molecular weight is 270 g/mol. The van der Waals surface area contributed by atoms with Gasteiger partial charge in [0.25, 0.3) is 0 Å². The normalized spacial score (nSPS) is 20.9. The predicted molar refractivity (Wildman–Crippen MR) is 68.0 cm³/mol.